The Morgan fingerprint density at radius 1 is 1.30 bits per heavy atom. The molecule has 2 aromatic rings. The summed E-state index contributed by atoms with van der Waals surface area (Å²) in [6.45, 7) is 7.86. The molecule has 1 aromatic heterocycles. The Morgan fingerprint density at radius 3 is 2.65 bits per heavy atom. The molecule has 0 radical (unpaired) electrons. The Labute approximate surface area is 120 Å². The van der Waals surface area contributed by atoms with Gasteiger partial charge in [0.1, 0.15) is 12.4 Å². The summed E-state index contributed by atoms with van der Waals surface area (Å²) in [4.78, 5) is 0. The smallest absolute Gasteiger partial charge is 0.119 e. The van der Waals surface area contributed by atoms with Crippen molar-refractivity contribution in [1.82, 2.24) is 15.1 Å². The van der Waals surface area contributed by atoms with Gasteiger partial charge in [-0.25, -0.2) is 0 Å². The van der Waals surface area contributed by atoms with Crippen LogP contribution in [-0.4, -0.2) is 16.4 Å². The minimum absolute atomic E-state index is 0.540. The van der Waals surface area contributed by atoms with E-state index in [-0.39, 0.29) is 0 Å². The van der Waals surface area contributed by atoms with Gasteiger partial charge in [0, 0.05) is 31.9 Å². The van der Waals surface area contributed by atoms with Crippen LogP contribution in [0.3, 0.4) is 0 Å². The molecule has 0 bridgehead atoms. The second kappa shape index (κ2) is 6.91. The van der Waals surface area contributed by atoms with Gasteiger partial charge in [-0.05, 0) is 24.6 Å². The molecule has 0 spiro atoms. The van der Waals surface area contributed by atoms with Crippen molar-refractivity contribution < 1.29 is 4.74 Å². The van der Waals surface area contributed by atoms with E-state index in [1.807, 2.05) is 30.8 Å². The van der Waals surface area contributed by atoms with Gasteiger partial charge in [0.2, 0.25) is 0 Å². The topological polar surface area (TPSA) is 39.1 Å². The van der Waals surface area contributed by atoms with E-state index >= 15 is 0 Å². The number of nitrogens with zero attached hydrogens (tertiary/aromatic N) is 2. The van der Waals surface area contributed by atoms with Crippen molar-refractivity contribution in [2.24, 2.45) is 7.05 Å². The van der Waals surface area contributed by atoms with Crippen LogP contribution >= 0.6 is 0 Å². The first-order chi connectivity index (χ1) is 9.69. The fourth-order valence-corrected chi connectivity index (χ4v) is 2.02. The highest BCUT2D eigenvalue weighted by Gasteiger charge is 2.02. The molecular weight excluding hydrogens is 250 g/mol. The van der Waals surface area contributed by atoms with Crippen LogP contribution in [0, 0.1) is 6.92 Å². The van der Waals surface area contributed by atoms with Crippen LogP contribution in [0.25, 0.3) is 0 Å². The van der Waals surface area contributed by atoms with Crippen LogP contribution in [0.1, 0.15) is 16.8 Å². The number of nitrogens with one attached hydrogen (secondary N) is 1. The van der Waals surface area contributed by atoms with Crippen molar-refractivity contribution in [2.45, 2.75) is 20.0 Å². The molecule has 0 atom stereocenters. The van der Waals surface area contributed by atoms with E-state index in [9.17, 15) is 0 Å². The molecule has 4 nitrogen and oxygen atoms in total. The zero-order valence-electron chi connectivity index (χ0n) is 12.1. The monoisotopic (exact) mass is 271 g/mol. The number of hydrogen-bond acceptors (Lipinski definition) is 3. The normalized spacial score (nSPS) is 10.5. The van der Waals surface area contributed by atoms with E-state index in [1.165, 1.54) is 11.1 Å². The van der Waals surface area contributed by atoms with Gasteiger partial charge in [-0.15, -0.1) is 0 Å². The number of ether oxygens (including phenoxy) is 1. The van der Waals surface area contributed by atoms with Crippen molar-refractivity contribution in [3.8, 4) is 5.75 Å². The van der Waals surface area contributed by atoms with Crippen molar-refractivity contribution in [1.29, 1.82) is 0 Å². The first-order valence-corrected chi connectivity index (χ1v) is 6.71. The fourth-order valence-electron chi connectivity index (χ4n) is 2.02. The summed E-state index contributed by atoms with van der Waals surface area (Å²) >= 11 is 0. The largest absolute Gasteiger partial charge is 0.490 e. The third kappa shape index (κ3) is 3.96. The van der Waals surface area contributed by atoms with E-state index in [4.69, 9.17) is 4.74 Å². The molecule has 0 amide bonds. The molecule has 1 N–H and O–H groups in total. The van der Waals surface area contributed by atoms with Crippen LogP contribution < -0.4 is 10.1 Å². The van der Waals surface area contributed by atoms with Gasteiger partial charge in [0.25, 0.3) is 0 Å². The highest BCUT2D eigenvalue weighted by atomic mass is 16.5. The van der Waals surface area contributed by atoms with Gasteiger partial charge >= 0.3 is 0 Å². The van der Waals surface area contributed by atoms with E-state index < -0.39 is 0 Å². The molecule has 4 heteroatoms. The third-order valence-electron chi connectivity index (χ3n) is 3.05. The zero-order valence-corrected chi connectivity index (χ0v) is 12.1. The third-order valence-corrected chi connectivity index (χ3v) is 3.05. The van der Waals surface area contributed by atoms with Gasteiger partial charge in [-0.3, -0.25) is 4.68 Å². The molecule has 106 valence electrons. The van der Waals surface area contributed by atoms with Crippen molar-refractivity contribution in [3.05, 3.63) is 59.9 Å². The lowest BCUT2D eigenvalue weighted by molar-refractivity contribution is 0.363. The molecule has 20 heavy (non-hydrogen) atoms. The predicted molar refractivity (Wildman–Crippen MR) is 80.6 cm³/mol. The van der Waals surface area contributed by atoms with Crippen LogP contribution in [-0.2, 0) is 20.1 Å². The highest BCUT2D eigenvalue weighted by molar-refractivity contribution is 5.27. The molecule has 0 saturated carbocycles. The van der Waals surface area contributed by atoms with Crippen molar-refractivity contribution in [3.63, 3.8) is 0 Å². The Kier molecular flexibility index (Phi) is 4.96. The molecule has 0 aliphatic heterocycles. The van der Waals surface area contributed by atoms with Gasteiger partial charge < -0.3 is 10.1 Å². The molecule has 0 fully saturated rings. The first-order valence-electron chi connectivity index (χ1n) is 6.71. The van der Waals surface area contributed by atoms with Gasteiger partial charge in [0.15, 0.2) is 0 Å². The lowest BCUT2D eigenvalue weighted by atomic mass is 10.2. The number of hydrogen-bond donors (Lipinski definition) is 1. The maximum absolute atomic E-state index is 5.45. The first kappa shape index (κ1) is 14.3. The molecule has 0 aliphatic carbocycles. The SMILES string of the molecule is C=CCOc1ccc(CNCc2cn(C)nc2C)cc1. The summed E-state index contributed by atoms with van der Waals surface area (Å²) in [5.74, 6) is 0.872. The fraction of sp³-hybridized carbons (Fsp3) is 0.312. The Morgan fingerprint density at radius 2 is 2.05 bits per heavy atom. The summed E-state index contributed by atoms with van der Waals surface area (Å²) in [5, 5.41) is 7.75. The average Bonchev–Trinajstić information content (AvgIpc) is 2.76. The van der Waals surface area contributed by atoms with Crippen molar-refractivity contribution >= 4 is 0 Å². The average molecular weight is 271 g/mol. The Balaban J connectivity index is 1.82. The number of aromatic nitrogens is 2. The zero-order chi connectivity index (χ0) is 14.4. The molecule has 1 heterocycles. The Hall–Kier alpha value is -2.07. The van der Waals surface area contributed by atoms with Crippen LogP contribution in [0.4, 0.5) is 0 Å². The molecule has 0 unspecified atom stereocenters. The summed E-state index contributed by atoms with van der Waals surface area (Å²) in [6.07, 6.45) is 3.79. The summed E-state index contributed by atoms with van der Waals surface area (Å²) < 4.78 is 7.30. The standard InChI is InChI=1S/C16H21N3O/c1-4-9-20-16-7-5-14(6-8-16)10-17-11-15-12-19(3)18-13(15)2/h4-8,12,17H,1,9-11H2,2-3H3. The summed E-state index contributed by atoms with van der Waals surface area (Å²) in [6, 6.07) is 8.11. The van der Waals surface area contributed by atoms with E-state index in [0.717, 1.165) is 24.5 Å². The van der Waals surface area contributed by atoms with E-state index in [0.29, 0.717) is 6.61 Å². The van der Waals surface area contributed by atoms with Gasteiger partial charge in [-0.2, -0.15) is 5.10 Å². The predicted octanol–water partition coefficient (Wildman–Crippen LogP) is 2.58. The molecule has 2 rings (SSSR count). The minimum atomic E-state index is 0.540. The lowest BCUT2D eigenvalue weighted by Crippen LogP contribution is -2.12. The maximum Gasteiger partial charge on any atom is 0.119 e. The van der Waals surface area contributed by atoms with Crippen LogP contribution in [0.5, 0.6) is 5.75 Å². The second-order valence-electron chi connectivity index (χ2n) is 4.76. The molecule has 1 aromatic carbocycles. The van der Waals surface area contributed by atoms with E-state index in [1.54, 1.807) is 6.08 Å². The van der Waals surface area contributed by atoms with Gasteiger partial charge in [-0.1, -0.05) is 24.8 Å². The van der Waals surface area contributed by atoms with Crippen LogP contribution in [0.15, 0.2) is 43.1 Å². The van der Waals surface area contributed by atoms with E-state index in [2.05, 4.69) is 35.3 Å². The maximum atomic E-state index is 5.45. The number of rotatable bonds is 7. The summed E-state index contributed by atoms with van der Waals surface area (Å²) in [5.41, 5.74) is 3.55. The quantitative estimate of drug-likeness (QED) is 0.787. The Bertz CT molecular complexity index is 558. The van der Waals surface area contributed by atoms with Crippen LogP contribution in [0.2, 0.25) is 0 Å². The van der Waals surface area contributed by atoms with Crippen molar-refractivity contribution in [2.75, 3.05) is 6.61 Å². The van der Waals surface area contributed by atoms with Gasteiger partial charge in [0.05, 0.1) is 5.69 Å². The lowest BCUT2D eigenvalue weighted by Gasteiger charge is -2.06. The highest BCUT2D eigenvalue weighted by Crippen LogP contribution is 2.12. The summed E-state index contributed by atoms with van der Waals surface area (Å²) in [7, 11) is 1.94. The number of benzene rings is 1. The molecule has 0 aliphatic rings. The second-order valence-corrected chi connectivity index (χ2v) is 4.76. The number of aryl methyl sites for hydroxylation is 2. The molecule has 0 saturated heterocycles. The minimum Gasteiger partial charge on any atom is -0.490 e. The molecular formula is C16H21N3O.